The van der Waals surface area contributed by atoms with E-state index in [4.69, 9.17) is 10.5 Å². The first-order valence-electron chi connectivity index (χ1n) is 7.10. The first kappa shape index (κ1) is 16.6. The summed E-state index contributed by atoms with van der Waals surface area (Å²) < 4.78 is 4.90. The number of carbonyl (C=O) groups is 1. The van der Waals surface area contributed by atoms with Crippen LogP contribution in [0.15, 0.2) is 30.3 Å². The SMILES string of the molecule is COCC(N)C(=O)NC(C)c1sc(-c2ccccc2)nc1C. The number of thiazole rings is 1. The number of rotatable bonds is 6. The lowest BCUT2D eigenvalue weighted by molar-refractivity contribution is -0.124. The fraction of sp³-hybridized carbons (Fsp3) is 0.375. The van der Waals surface area contributed by atoms with E-state index in [9.17, 15) is 4.79 Å². The number of nitrogens with two attached hydrogens (primary N) is 1. The number of hydrogen-bond donors (Lipinski definition) is 2. The van der Waals surface area contributed by atoms with E-state index in [-0.39, 0.29) is 18.6 Å². The Hall–Kier alpha value is -1.76. The van der Waals surface area contributed by atoms with Crippen molar-refractivity contribution in [2.24, 2.45) is 5.73 Å². The standard InChI is InChI=1S/C16H21N3O2S/c1-10(18-15(20)13(17)9-21-3)14-11(2)19-16(22-14)12-7-5-4-6-8-12/h4-8,10,13H,9,17H2,1-3H3,(H,18,20). The van der Waals surface area contributed by atoms with Crippen LogP contribution in [0.1, 0.15) is 23.5 Å². The van der Waals surface area contributed by atoms with Crippen LogP contribution < -0.4 is 11.1 Å². The minimum absolute atomic E-state index is 0.134. The Labute approximate surface area is 134 Å². The molecule has 0 fully saturated rings. The van der Waals surface area contributed by atoms with E-state index in [0.717, 1.165) is 21.1 Å². The second-order valence-corrected chi connectivity index (χ2v) is 6.16. The van der Waals surface area contributed by atoms with Gasteiger partial charge in [0.15, 0.2) is 0 Å². The van der Waals surface area contributed by atoms with Crippen molar-refractivity contribution in [3.05, 3.63) is 40.9 Å². The minimum Gasteiger partial charge on any atom is -0.383 e. The van der Waals surface area contributed by atoms with Gasteiger partial charge in [0.05, 0.1) is 23.2 Å². The van der Waals surface area contributed by atoms with Crippen LogP contribution in [0.5, 0.6) is 0 Å². The van der Waals surface area contributed by atoms with Crippen LogP contribution in [0.4, 0.5) is 0 Å². The number of hydrogen-bond acceptors (Lipinski definition) is 5. The Morgan fingerprint density at radius 3 is 2.73 bits per heavy atom. The molecule has 6 heteroatoms. The number of amides is 1. The molecule has 0 bridgehead atoms. The van der Waals surface area contributed by atoms with Gasteiger partial charge in [-0.05, 0) is 13.8 Å². The maximum atomic E-state index is 12.0. The van der Waals surface area contributed by atoms with Crippen molar-refractivity contribution in [2.45, 2.75) is 25.9 Å². The van der Waals surface area contributed by atoms with Gasteiger partial charge in [-0.15, -0.1) is 11.3 Å². The van der Waals surface area contributed by atoms with E-state index in [1.54, 1.807) is 11.3 Å². The molecule has 0 saturated heterocycles. The third kappa shape index (κ3) is 3.91. The predicted molar refractivity (Wildman–Crippen MR) is 88.7 cm³/mol. The summed E-state index contributed by atoms with van der Waals surface area (Å²) >= 11 is 1.59. The lowest BCUT2D eigenvalue weighted by Gasteiger charge is -2.16. The summed E-state index contributed by atoms with van der Waals surface area (Å²) in [5.74, 6) is -0.219. The third-order valence-electron chi connectivity index (χ3n) is 3.29. The Balaban J connectivity index is 2.12. The van der Waals surface area contributed by atoms with Crippen molar-refractivity contribution in [2.75, 3.05) is 13.7 Å². The molecule has 1 aromatic carbocycles. The molecule has 2 aromatic rings. The van der Waals surface area contributed by atoms with Crippen LogP contribution in [0.3, 0.4) is 0 Å². The van der Waals surface area contributed by atoms with Gasteiger partial charge >= 0.3 is 0 Å². The van der Waals surface area contributed by atoms with Gasteiger partial charge in [0, 0.05) is 12.7 Å². The number of methoxy groups -OCH3 is 1. The van der Waals surface area contributed by atoms with Gasteiger partial charge in [0.25, 0.3) is 0 Å². The van der Waals surface area contributed by atoms with E-state index in [2.05, 4.69) is 10.3 Å². The molecule has 1 aromatic heterocycles. The fourth-order valence-electron chi connectivity index (χ4n) is 2.16. The number of nitrogens with one attached hydrogen (secondary N) is 1. The zero-order valence-electron chi connectivity index (χ0n) is 13.0. The number of ether oxygens (including phenoxy) is 1. The fourth-order valence-corrected chi connectivity index (χ4v) is 3.23. The highest BCUT2D eigenvalue weighted by molar-refractivity contribution is 7.15. The molecule has 3 N–H and O–H groups in total. The van der Waals surface area contributed by atoms with E-state index in [0.29, 0.717) is 0 Å². The molecule has 0 radical (unpaired) electrons. The molecule has 1 heterocycles. The molecule has 1 amide bonds. The summed E-state index contributed by atoms with van der Waals surface area (Å²) in [5.41, 5.74) is 7.75. The molecule has 5 nitrogen and oxygen atoms in total. The molecular weight excluding hydrogens is 298 g/mol. The Bertz CT molecular complexity index is 628. The monoisotopic (exact) mass is 319 g/mol. The number of aryl methyl sites for hydroxylation is 1. The second kappa shape index (κ2) is 7.49. The van der Waals surface area contributed by atoms with Gasteiger partial charge in [-0.3, -0.25) is 4.79 Å². The van der Waals surface area contributed by atoms with Crippen molar-refractivity contribution in [1.82, 2.24) is 10.3 Å². The summed E-state index contributed by atoms with van der Waals surface area (Å²) in [7, 11) is 1.52. The van der Waals surface area contributed by atoms with Crippen LogP contribution in [0.2, 0.25) is 0 Å². The Kier molecular flexibility index (Phi) is 5.65. The average molecular weight is 319 g/mol. The van der Waals surface area contributed by atoms with Crippen LogP contribution in [-0.4, -0.2) is 30.6 Å². The molecule has 0 aliphatic heterocycles. The van der Waals surface area contributed by atoms with Crippen molar-refractivity contribution in [3.8, 4) is 10.6 Å². The van der Waals surface area contributed by atoms with Gasteiger partial charge in [-0.2, -0.15) is 0 Å². The van der Waals surface area contributed by atoms with E-state index in [1.807, 2.05) is 44.2 Å². The molecule has 0 aliphatic carbocycles. The normalized spacial score (nSPS) is 13.6. The number of aromatic nitrogens is 1. The maximum Gasteiger partial charge on any atom is 0.239 e. The quantitative estimate of drug-likeness (QED) is 0.856. The molecule has 2 atom stereocenters. The zero-order valence-corrected chi connectivity index (χ0v) is 13.8. The second-order valence-electron chi connectivity index (χ2n) is 5.13. The molecule has 0 spiro atoms. The van der Waals surface area contributed by atoms with Crippen LogP contribution in [0, 0.1) is 6.92 Å². The van der Waals surface area contributed by atoms with Crippen molar-refractivity contribution in [1.29, 1.82) is 0 Å². The first-order chi connectivity index (χ1) is 10.5. The van der Waals surface area contributed by atoms with Gasteiger partial charge in [0.2, 0.25) is 5.91 Å². The highest BCUT2D eigenvalue weighted by Gasteiger charge is 2.20. The van der Waals surface area contributed by atoms with Crippen molar-refractivity contribution in [3.63, 3.8) is 0 Å². The van der Waals surface area contributed by atoms with Crippen LogP contribution in [-0.2, 0) is 9.53 Å². The first-order valence-corrected chi connectivity index (χ1v) is 7.92. The average Bonchev–Trinajstić information content (AvgIpc) is 2.90. The predicted octanol–water partition coefficient (Wildman–Crippen LogP) is 2.27. The van der Waals surface area contributed by atoms with E-state index < -0.39 is 6.04 Å². The third-order valence-corrected chi connectivity index (χ3v) is 4.68. The summed E-state index contributed by atoms with van der Waals surface area (Å²) in [4.78, 5) is 17.6. The zero-order chi connectivity index (χ0) is 16.1. The molecule has 2 rings (SSSR count). The number of benzene rings is 1. The topological polar surface area (TPSA) is 77.2 Å². The number of carbonyl (C=O) groups excluding carboxylic acids is 1. The summed E-state index contributed by atoms with van der Waals surface area (Å²) in [6.45, 7) is 4.10. The van der Waals surface area contributed by atoms with Crippen LogP contribution in [0.25, 0.3) is 10.6 Å². The largest absolute Gasteiger partial charge is 0.383 e. The minimum atomic E-state index is -0.658. The lowest BCUT2D eigenvalue weighted by atomic mass is 10.2. The van der Waals surface area contributed by atoms with E-state index >= 15 is 0 Å². The molecule has 0 saturated carbocycles. The molecule has 22 heavy (non-hydrogen) atoms. The number of nitrogens with zero attached hydrogens (tertiary/aromatic N) is 1. The van der Waals surface area contributed by atoms with Gasteiger partial charge in [-0.25, -0.2) is 4.98 Å². The molecule has 0 aliphatic rings. The Morgan fingerprint density at radius 2 is 2.09 bits per heavy atom. The Morgan fingerprint density at radius 1 is 1.41 bits per heavy atom. The van der Waals surface area contributed by atoms with Crippen LogP contribution >= 0.6 is 11.3 Å². The van der Waals surface area contributed by atoms with Crippen molar-refractivity contribution >= 4 is 17.2 Å². The molecular formula is C16H21N3O2S. The summed E-state index contributed by atoms with van der Waals surface area (Å²) in [6, 6.07) is 9.21. The maximum absolute atomic E-state index is 12.0. The smallest absolute Gasteiger partial charge is 0.239 e. The van der Waals surface area contributed by atoms with Gasteiger partial charge < -0.3 is 15.8 Å². The lowest BCUT2D eigenvalue weighted by Crippen LogP contribution is -2.44. The highest BCUT2D eigenvalue weighted by Crippen LogP contribution is 2.31. The summed E-state index contributed by atoms with van der Waals surface area (Å²) in [5, 5.41) is 3.87. The molecule has 118 valence electrons. The van der Waals surface area contributed by atoms with Gasteiger partial charge in [-0.1, -0.05) is 30.3 Å². The van der Waals surface area contributed by atoms with Crippen molar-refractivity contribution < 1.29 is 9.53 Å². The highest BCUT2D eigenvalue weighted by atomic mass is 32.1. The van der Waals surface area contributed by atoms with E-state index in [1.165, 1.54) is 7.11 Å². The van der Waals surface area contributed by atoms with Gasteiger partial charge in [0.1, 0.15) is 11.0 Å². The summed E-state index contributed by atoms with van der Waals surface area (Å²) in [6.07, 6.45) is 0. The molecule has 2 unspecified atom stereocenters.